The summed E-state index contributed by atoms with van der Waals surface area (Å²) in [4.78, 5) is 23.8. The molecule has 0 bridgehead atoms. The molecule has 0 fully saturated rings. The number of para-hydroxylation sites is 1. The van der Waals surface area contributed by atoms with Gasteiger partial charge in [-0.05, 0) is 25.7 Å². The summed E-state index contributed by atoms with van der Waals surface area (Å²) in [6.45, 7) is 0.694. The highest BCUT2D eigenvalue weighted by Crippen LogP contribution is 2.16. The number of anilines is 1. The van der Waals surface area contributed by atoms with Crippen LogP contribution in [0.3, 0.4) is 0 Å². The van der Waals surface area contributed by atoms with Crippen LogP contribution >= 0.6 is 0 Å². The summed E-state index contributed by atoms with van der Waals surface area (Å²) in [5.41, 5.74) is 1.66. The molecule has 0 saturated carbocycles. The van der Waals surface area contributed by atoms with E-state index >= 15 is 0 Å². The normalized spacial score (nSPS) is 10.8. The van der Waals surface area contributed by atoms with Crippen molar-refractivity contribution in [3.8, 4) is 0 Å². The molecule has 1 amide bonds. The number of rotatable bonds is 5. The molecule has 0 spiro atoms. The molecule has 1 aromatic carbocycles. The number of benzene rings is 1. The highest BCUT2D eigenvalue weighted by atomic mass is 16.4. The van der Waals surface area contributed by atoms with E-state index in [1.807, 2.05) is 37.2 Å². The smallest absolute Gasteiger partial charge is 0.328 e. The highest BCUT2D eigenvalue weighted by molar-refractivity contribution is 6.02. The van der Waals surface area contributed by atoms with Gasteiger partial charge in [-0.15, -0.1) is 0 Å². The van der Waals surface area contributed by atoms with Crippen LogP contribution in [0.2, 0.25) is 0 Å². The average Bonchev–Trinajstić information content (AvgIpc) is 2.28. The van der Waals surface area contributed by atoms with E-state index in [4.69, 9.17) is 5.11 Å². The number of hydrogen-bond acceptors (Lipinski definition) is 3. The van der Waals surface area contributed by atoms with Gasteiger partial charge >= 0.3 is 5.97 Å². The first-order chi connectivity index (χ1) is 8.49. The Hall–Kier alpha value is -2.14. The molecule has 1 rings (SSSR count). The molecule has 1 aromatic rings. The van der Waals surface area contributed by atoms with Crippen molar-refractivity contribution in [3.63, 3.8) is 0 Å². The Kier molecular flexibility index (Phi) is 5.07. The number of nitrogens with one attached hydrogen (secondary N) is 1. The fourth-order valence-electron chi connectivity index (χ4n) is 1.44. The Morgan fingerprint density at radius 1 is 1.28 bits per heavy atom. The summed E-state index contributed by atoms with van der Waals surface area (Å²) in [6, 6.07) is 7.40. The molecule has 18 heavy (non-hydrogen) atoms. The number of hydrogen-bond donors (Lipinski definition) is 2. The van der Waals surface area contributed by atoms with Crippen molar-refractivity contribution in [2.24, 2.45) is 0 Å². The van der Waals surface area contributed by atoms with Gasteiger partial charge in [0.25, 0.3) is 0 Å². The van der Waals surface area contributed by atoms with Crippen LogP contribution in [0.1, 0.15) is 5.56 Å². The van der Waals surface area contributed by atoms with Gasteiger partial charge in [-0.25, -0.2) is 4.79 Å². The highest BCUT2D eigenvalue weighted by Gasteiger charge is 2.05. The lowest BCUT2D eigenvalue weighted by atomic mass is 10.1. The monoisotopic (exact) mass is 248 g/mol. The van der Waals surface area contributed by atoms with Crippen LogP contribution in [0, 0.1) is 0 Å². The van der Waals surface area contributed by atoms with Crippen LogP contribution in [-0.4, -0.2) is 36.0 Å². The number of carbonyl (C=O) groups is 2. The van der Waals surface area contributed by atoms with Crippen molar-refractivity contribution >= 4 is 17.6 Å². The molecule has 0 atom stereocenters. The van der Waals surface area contributed by atoms with Crippen molar-refractivity contribution in [2.75, 3.05) is 19.4 Å². The van der Waals surface area contributed by atoms with Crippen LogP contribution in [-0.2, 0) is 16.1 Å². The zero-order valence-electron chi connectivity index (χ0n) is 10.4. The minimum atomic E-state index is -1.15. The standard InChI is InChI=1S/C13H16N2O3/c1-15(2)9-10-5-3-4-6-11(10)14-12(16)7-8-13(17)18/h3-8H,9H2,1-2H3,(H,14,16)(H,17,18)/b8-7+. The first-order valence-corrected chi connectivity index (χ1v) is 5.43. The second-order valence-corrected chi connectivity index (χ2v) is 4.06. The zero-order chi connectivity index (χ0) is 13.5. The van der Waals surface area contributed by atoms with Crippen LogP contribution in [0.25, 0.3) is 0 Å². The third-order valence-electron chi connectivity index (χ3n) is 2.14. The number of carbonyl (C=O) groups excluding carboxylic acids is 1. The number of amides is 1. The Morgan fingerprint density at radius 3 is 2.56 bits per heavy atom. The van der Waals surface area contributed by atoms with Crippen LogP contribution in [0.15, 0.2) is 36.4 Å². The number of carboxylic acids is 1. The van der Waals surface area contributed by atoms with E-state index in [1.165, 1.54) is 0 Å². The molecule has 0 aliphatic rings. The molecular formula is C13H16N2O3. The van der Waals surface area contributed by atoms with E-state index < -0.39 is 11.9 Å². The second kappa shape index (κ2) is 6.56. The number of carboxylic acid groups (broad SMARTS) is 1. The lowest BCUT2D eigenvalue weighted by Crippen LogP contribution is -2.15. The Labute approximate surface area is 106 Å². The van der Waals surface area contributed by atoms with E-state index in [-0.39, 0.29) is 0 Å². The second-order valence-electron chi connectivity index (χ2n) is 4.06. The average molecular weight is 248 g/mol. The Morgan fingerprint density at radius 2 is 1.94 bits per heavy atom. The summed E-state index contributed by atoms with van der Waals surface area (Å²) in [6.07, 6.45) is 1.80. The lowest BCUT2D eigenvalue weighted by Gasteiger charge is -2.14. The summed E-state index contributed by atoms with van der Waals surface area (Å²) >= 11 is 0. The van der Waals surface area contributed by atoms with Crippen molar-refractivity contribution in [2.45, 2.75) is 6.54 Å². The van der Waals surface area contributed by atoms with Crippen molar-refractivity contribution in [3.05, 3.63) is 42.0 Å². The van der Waals surface area contributed by atoms with Gasteiger partial charge in [-0.2, -0.15) is 0 Å². The summed E-state index contributed by atoms with van der Waals surface area (Å²) in [5, 5.41) is 11.1. The maximum absolute atomic E-state index is 11.5. The number of aliphatic carboxylic acids is 1. The summed E-state index contributed by atoms with van der Waals surface area (Å²) < 4.78 is 0. The van der Waals surface area contributed by atoms with Crippen LogP contribution < -0.4 is 5.32 Å². The molecule has 0 radical (unpaired) electrons. The molecule has 0 aliphatic carbocycles. The first kappa shape index (κ1) is 13.9. The van der Waals surface area contributed by atoms with Crippen molar-refractivity contribution in [1.82, 2.24) is 4.90 Å². The topological polar surface area (TPSA) is 69.6 Å². The first-order valence-electron chi connectivity index (χ1n) is 5.43. The fraction of sp³-hybridized carbons (Fsp3) is 0.231. The minimum absolute atomic E-state index is 0.455. The Balaban J connectivity index is 2.77. The van der Waals surface area contributed by atoms with Crippen molar-refractivity contribution in [1.29, 1.82) is 0 Å². The molecule has 0 aliphatic heterocycles. The van der Waals surface area contributed by atoms with Gasteiger partial charge in [0.15, 0.2) is 0 Å². The maximum atomic E-state index is 11.5. The molecule has 0 saturated heterocycles. The van der Waals surface area contributed by atoms with E-state index in [0.29, 0.717) is 12.2 Å². The van der Waals surface area contributed by atoms with E-state index in [9.17, 15) is 9.59 Å². The minimum Gasteiger partial charge on any atom is -0.478 e. The fourth-order valence-corrected chi connectivity index (χ4v) is 1.44. The molecule has 0 unspecified atom stereocenters. The summed E-state index contributed by atoms with van der Waals surface area (Å²) in [7, 11) is 3.87. The van der Waals surface area contributed by atoms with Gasteiger partial charge in [-0.3, -0.25) is 4.79 Å². The third-order valence-corrected chi connectivity index (χ3v) is 2.14. The maximum Gasteiger partial charge on any atom is 0.328 e. The van der Waals surface area contributed by atoms with Gasteiger partial charge in [0.05, 0.1) is 0 Å². The van der Waals surface area contributed by atoms with Gasteiger partial charge in [0.2, 0.25) is 5.91 Å². The van der Waals surface area contributed by atoms with Gasteiger partial charge < -0.3 is 15.3 Å². The van der Waals surface area contributed by atoms with Gasteiger partial charge in [0.1, 0.15) is 0 Å². The molecule has 0 heterocycles. The van der Waals surface area contributed by atoms with Gasteiger partial charge in [-0.1, -0.05) is 18.2 Å². The van der Waals surface area contributed by atoms with Crippen molar-refractivity contribution < 1.29 is 14.7 Å². The molecular weight excluding hydrogens is 232 g/mol. The molecule has 0 aromatic heterocycles. The quantitative estimate of drug-likeness (QED) is 0.771. The molecule has 5 heteroatoms. The predicted octanol–water partition coefficient (Wildman–Crippen LogP) is 1.33. The van der Waals surface area contributed by atoms with Crippen LogP contribution in [0.4, 0.5) is 5.69 Å². The third kappa shape index (κ3) is 4.80. The lowest BCUT2D eigenvalue weighted by molar-refractivity contribution is -0.131. The molecule has 5 nitrogen and oxygen atoms in total. The van der Waals surface area contributed by atoms with Crippen LogP contribution in [0.5, 0.6) is 0 Å². The zero-order valence-corrected chi connectivity index (χ0v) is 10.4. The van der Waals surface area contributed by atoms with E-state index in [0.717, 1.165) is 17.7 Å². The summed E-state index contributed by atoms with van der Waals surface area (Å²) in [5.74, 6) is -1.60. The number of nitrogens with zero attached hydrogens (tertiary/aromatic N) is 1. The predicted molar refractivity (Wildman–Crippen MR) is 69.2 cm³/mol. The molecule has 2 N–H and O–H groups in total. The largest absolute Gasteiger partial charge is 0.478 e. The Bertz CT molecular complexity index is 467. The molecule has 96 valence electrons. The van der Waals surface area contributed by atoms with E-state index in [1.54, 1.807) is 6.07 Å². The van der Waals surface area contributed by atoms with Gasteiger partial charge in [0, 0.05) is 24.4 Å². The van der Waals surface area contributed by atoms with E-state index in [2.05, 4.69) is 5.32 Å². The SMILES string of the molecule is CN(C)Cc1ccccc1NC(=O)/C=C/C(=O)O.